The second kappa shape index (κ2) is 5.44. The van der Waals surface area contributed by atoms with Crippen molar-refractivity contribution in [1.29, 1.82) is 0 Å². The smallest absolute Gasteiger partial charge is 0.325 e. The molecule has 0 radical (unpaired) electrons. The van der Waals surface area contributed by atoms with Gasteiger partial charge < -0.3 is 4.74 Å². The van der Waals surface area contributed by atoms with E-state index in [9.17, 15) is 9.59 Å². The van der Waals surface area contributed by atoms with Gasteiger partial charge in [-0.25, -0.2) is 9.67 Å². The zero-order valence-electron chi connectivity index (χ0n) is 12.2. The number of aromatic nitrogens is 4. The van der Waals surface area contributed by atoms with Gasteiger partial charge in [0.05, 0.1) is 19.0 Å². The van der Waals surface area contributed by atoms with E-state index in [1.54, 1.807) is 11.6 Å². The highest BCUT2D eigenvalue weighted by Crippen LogP contribution is 2.14. The third-order valence-electron chi connectivity index (χ3n) is 3.39. The lowest BCUT2D eigenvalue weighted by atomic mass is 10.3. The molecule has 0 amide bonds. The second-order valence-corrected chi connectivity index (χ2v) is 4.76. The summed E-state index contributed by atoms with van der Waals surface area (Å²) in [6, 6.07) is 9.42. The molecular weight excluding hydrogens is 284 g/mol. The summed E-state index contributed by atoms with van der Waals surface area (Å²) >= 11 is 0. The monoisotopic (exact) mass is 298 g/mol. The van der Waals surface area contributed by atoms with Gasteiger partial charge in [0.1, 0.15) is 17.8 Å². The van der Waals surface area contributed by atoms with Gasteiger partial charge in [0.15, 0.2) is 5.65 Å². The van der Waals surface area contributed by atoms with Crippen LogP contribution in [0, 0.1) is 6.92 Å². The molecule has 1 aromatic carbocycles. The van der Waals surface area contributed by atoms with Crippen molar-refractivity contribution >= 4 is 17.0 Å². The molecule has 112 valence electrons. The highest BCUT2D eigenvalue weighted by Gasteiger charge is 2.15. The van der Waals surface area contributed by atoms with Gasteiger partial charge in [0.2, 0.25) is 0 Å². The Bertz CT molecular complexity index is 896. The Kier molecular flexibility index (Phi) is 3.46. The molecule has 0 spiro atoms. The minimum atomic E-state index is -0.498. The number of rotatable bonds is 3. The molecule has 7 nitrogen and oxygen atoms in total. The minimum Gasteiger partial charge on any atom is -0.468 e. The first kappa shape index (κ1) is 14.0. The van der Waals surface area contributed by atoms with Crippen LogP contribution in [0.2, 0.25) is 0 Å². The summed E-state index contributed by atoms with van der Waals surface area (Å²) in [5.74, 6) is -0.0672. The van der Waals surface area contributed by atoms with E-state index in [0.29, 0.717) is 16.9 Å². The highest BCUT2D eigenvalue weighted by molar-refractivity contribution is 5.76. The Morgan fingerprint density at radius 2 is 2.00 bits per heavy atom. The standard InChI is InChI=1S/C15H14N4O3/c1-10-17-14-12(15(21)18(10)9-13(20)22-2)8-16-19(14)11-6-4-3-5-7-11/h3-8H,9H2,1-2H3. The molecule has 0 fully saturated rings. The number of benzene rings is 1. The van der Waals surface area contributed by atoms with Crippen LogP contribution in [0.1, 0.15) is 5.82 Å². The van der Waals surface area contributed by atoms with Crippen molar-refractivity contribution in [2.45, 2.75) is 13.5 Å². The van der Waals surface area contributed by atoms with Gasteiger partial charge in [-0.05, 0) is 19.1 Å². The number of hydrogen-bond acceptors (Lipinski definition) is 5. The topological polar surface area (TPSA) is 79.0 Å². The van der Waals surface area contributed by atoms with E-state index in [0.717, 1.165) is 5.69 Å². The van der Waals surface area contributed by atoms with Gasteiger partial charge in [-0.1, -0.05) is 18.2 Å². The Hall–Kier alpha value is -2.96. The van der Waals surface area contributed by atoms with Crippen LogP contribution in [0.15, 0.2) is 41.3 Å². The Morgan fingerprint density at radius 1 is 1.27 bits per heavy atom. The molecule has 0 aliphatic rings. The van der Waals surface area contributed by atoms with Crippen LogP contribution in [0.5, 0.6) is 0 Å². The lowest BCUT2D eigenvalue weighted by Gasteiger charge is -2.08. The normalized spacial score (nSPS) is 10.8. The predicted octanol–water partition coefficient (Wildman–Crippen LogP) is 1.06. The zero-order chi connectivity index (χ0) is 15.7. The van der Waals surface area contributed by atoms with Crippen LogP contribution in [0.3, 0.4) is 0 Å². The first-order chi connectivity index (χ1) is 10.6. The SMILES string of the molecule is COC(=O)Cn1c(C)nc2c(cnn2-c2ccccc2)c1=O. The zero-order valence-corrected chi connectivity index (χ0v) is 12.2. The van der Waals surface area contributed by atoms with Crippen LogP contribution in [0.25, 0.3) is 16.7 Å². The van der Waals surface area contributed by atoms with Crippen molar-refractivity contribution in [3.05, 3.63) is 52.7 Å². The third-order valence-corrected chi connectivity index (χ3v) is 3.39. The maximum absolute atomic E-state index is 12.5. The summed E-state index contributed by atoms with van der Waals surface area (Å²) < 4.78 is 7.49. The van der Waals surface area contributed by atoms with Gasteiger partial charge in [-0.2, -0.15) is 5.10 Å². The van der Waals surface area contributed by atoms with Crippen molar-refractivity contribution in [2.75, 3.05) is 7.11 Å². The Labute approximate surface area is 125 Å². The maximum Gasteiger partial charge on any atom is 0.325 e. The summed E-state index contributed by atoms with van der Waals surface area (Å²) in [5, 5.41) is 4.59. The molecular formula is C15H14N4O3. The largest absolute Gasteiger partial charge is 0.468 e. The number of carbonyl (C=O) groups is 1. The fourth-order valence-electron chi connectivity index (χ4n) is 2.24. The first-order valence-electron chi connectivity index (χ1n) is 6.69. The molecule has 2 heterocycles. The van der Waals surface area contributed by atoms with E-state index in [1.807, 2.05) is 30.3 Å². The van der Waals surface area contributed by atoms with Crippen LogP contribution in [-0.2, 0) is 16.1 Å². The van der Waals surface area contributed by atoms with Gasteiger partial charge in [0.25, 0.3) is 5.56 Å². The second-order valence-electron chi connectivity index (χ2n) is 4.76. The first-order valence-corrected chi connectivity index (χ1v) is 6.69. The summed E-state index contributed by atoms with van der Waals surface area (Å²) in [5.41, 5.74) is 0.972. The van der Waals surface area contributed by atoms with E-state index in [4.69, 9.17) is 0 Å². The number of hydrogen-bond donors (Lipinski definition) is 0. The van der Waals surface area contributed by atoms with E-state index < -0.39 is 5.97 Å². The molecule has 0 saturated heterocycles. The van der Waals surface area contributed by atoms with Crippen molar-refractivity contribution in [3.63, 3.8) is 0 Å². The molecule has 0 bridgehead atoms. The maximum atomic E-state index is 12.5. The number of carbonyl (C=O) groups excluding carboxylic acids is 1. The quantitative estimate of drug-likeness (QED) is 0.676. The number of esters is 1. The number of aryl methyl sites for hydroxylation is 1. The predicted molar refractivity (Wildman–Crippen MR) is 79.9 cm³/mol. The molecule has 3 aromatic rings. The molecule has 22 heavy (non-hydrogen) atoms. The molecule has 0 aliphatic carbocycles. The number of fused-ring (bicyclic) bond motifs is 1. The lowest BCUT2D eigenvalue weighted by molar-refractivity contribution is -0.141. The summed E-state index contributed by atoms with van der Waals surface area (Å²) in [7, 11) is 1.28. The summed E-state index contributed by atoms with van der Waals surface area (Å²) in [4.78, 5) is 28.3. The van der Waals surface area contributed by atoms with E-state index in [1.165, 1.54) is 17.9 Å². The Morgan fingerprint density at radius 3 is 2.68 bits per heavy atom. The third kappa shape index (κ3) is 2.26. The fourth-order valence-corrected chi connectivity index (χ4v) is 2.24. The molecule has 2 aromatic heterocycles. The molecule has 3 rings (SSSR count). The van der Waals surface area contributed by atoms with Gasteiger partial charge >= 0.3 is 5.97 Å². The van der Waals surface area contributed by atoms with E-state index in [2.05, 4.69) is 14.8 Å². The van der Waals surface area contributed by atoms with Crippen LogP contribution < -0.4 is 5.56 Å². The van der Waals surface area contributed by atoms with Crippen molar-refractivity contribution in [1.82, 2.24) is 19.3 Å². The lowest BCUT2D eigenvalue weighted by Crippen LogP contribution is -2.28. The molecule has 0 aliphatic heterocycles. The average Bonchev–Trinajstić information content (AvgIpc) is 2.95. The van der Waals surface area contributed by atoms with Crippen LogP contribution in [-0.4, -0.2) is 32.4 Å². The van der Waals surface area contributed by atoms with Gasteiger partial charge in [0, 0.05) is 0 Å². The number of nitrogens with zero attached hydrogens (tertiary/aromatic N) is 4. The van der Waals surface area contributed by atoms with Crippen molar-refractivity contribution in [3.8, 4) is 5.69 Å². The Balaban J connectivity index is 2.19. The van der Waals surface area contributed by atoms with Crippen molar-refractivity contribution in [2.24, 2.45) is 0 Å². The minimum absolute atomic E-state index is 0.166. The van der Waals surface area contributed by atoms with Crippen LogP contribution >= 0.6 is 0 Å². The number of para-hydroxylation sites is 1. The van der Waals surface area contributed by atoms with Gasteiger partial charge in [-0.15, -0.1) is 0 Å². The molecule has 0 N–H and O–H groups in total. The molecule has 0 saturated carbocycles. The highest BCUT2D eigenvalue weighted by atomic mass is 16.5. The van der Waals surface area contributed by atoms with E-state index in [-0.39, 0.29) is 12.1 Å². The summed E-state index contributed by atoms with van der Waals surface area (Å²) in [6.07, 6.45) is 1.46. The van der Waals surface area contributed by atoms with Crippen molar-refractivity contribution < 1.29 is 9.53 Å². The van der Waals surface area contributed by atoms with E-state index >= 15 is 0 Å². The number of ether oxygens (including phenoxy) is 1. The van der Waals surface area contributed by atoms with Gasteiger partial charge in [-0.3, -0.25) is 14.2 Å². The summed E-state index contributed by atoms with van der Waals surface area (Å²) in [6.45, 7) is 1.51. The average molecular weight is 298 g/mol. The fraction of sp³-hybridized carbons (Fsp3) is 0.200. The van der Waals surface area contributed by atoms with Crippen LogP contribution in [0.4, 0.5) is 0 Å². The number of methoxy groups -OCH3 is 1. The molecule has 7 heteroatoms. The molecule has 0 unspecified atom stereocenters. The molecule has 0 atom stereocenters.